The molecule has 0 unspecified atom stereocenters. The van der Waals surface area contributed by atoms with E-state index in [9.17, 15) is 9.59 Å². The van der Waals surface area contributed by atoms with E-state index < -0.39 is 6.04 Å². The van der Waals surface area contributed by atoms with E-state index in [-0.39, 0.29) is 11.8 Å². The van der Waals surface area contributed by atoms with Crippen LogP contribution >= 0.6 is 11.6 Å². The molecule has 0 heterocycles. The quantitative estimate of drug-likeness (QED) is 0.672. The van der Waals surface area contributed by atoms with Gasteiger partial charge in [-0.2, -0.15) is 0 Å². The van der Waals surface area contributed by atoms with Crippen LogP contribution in [0.4, 0.5) is 0 Å². The second kappa shape index (κ2) is 10.9. The molecule has 150 valence electrons. The topological polar surface area (TPSA) is 49.4 Å². The van der Waals surface area contributed by atoms with Crippen molar-refractivity contribution in [1.82, 2.24) is 10.2 Å². The molecule has 1 N–H and O–H groups in total. The van der Waals surface area contributed by atoms with Gasteiger partial charge in [0.1, 0.15) is 6.04 Å². The third-order valence-corrected chi connectivity index (χ3v) is 5.25. The van der Waals surface area contributed by atoms with Gasteiger partial charge in [-0.05, 0) is 49.4 Å². The molecule has 0 saturated heterocycles. The van der Waals surface area contributed by atoms with E-state index in [0.29, 0.717) is 31.0 Å². The van der Waals surface area contributed by atoms with Crippen LogP contribution in [0.15, 0.2) is 48.5 Å². The lowest BCUT2D eigenvalue weighted by atomic mass is 10.1. The van der Waals surface area contributed by atoms with Gasteiger partial charge in [-0.3, -0.25) is 9.59 Å². The molecule has 2 aromatic carbocycles. The van der Waals surface area contributed by atoms with Crippen LogP contribution in [0, 0.1) is 6.92 Å². The van der Waals surface area contributed by atoms with Gasteiger partial charge in [-0.1, -0.05) is 61.0 Å². The van der Waals surface area contributed by atoms with Crippen LogP contribution in [0.1, 0.15) is 43.4 Å². The Morgan fingerprint density at radius 3 is 2.36 bits per heavy atom. The smallest absolute Gasteiger partial charge is 0.242 e. The Labute approximate surface area is 172 Å². The van der Waals surface area contributed by atoms with Crippen molar-refractivity contribution in [3.05, 3.63) is 70.2 Å². The van der Waals surface area contributed by atoms with Crippen LogP contribution in [-0.4, -0.2) is 29.3 Å². The highest BCUT2D eigenvalue weighted by Gasteiger charge is 2.26. The Morgan fingerprint density at radius 1 is 1.07 bits per heavy atom. The molecule has 2 aromatic rings. The zero-order valence-corrected chi connectivity index (χ0v) is 17.6. The second-order valence-electron chi connectivity index (χ2n) is 7.01. The van der Waals surface area contributed by atoms with Crippen LogP contribution in [0.3, 0.4) is 0 Å². The lowest BCUT2D eigenvalue weighted by Gasteiger charge is -2.29. The molecule has 0 spiro atoms. The van der Waals surface area contributed by atoms with Crippen LogP contribution in [0.2, 0.25) is 5.02 Å². The van der Waals surface area contributed by atoms with Gasteiger partial charge >= 0.3 is 0 Å². The first kappa shape index (κ1) is 22.0. The SMILES string of the molecule is CCCNC(=O)[C@@H](C)N(Cc1ccccc1C)C(=O)CCc1ccccc1Cl. The molecule has 2 amide bonds. The molecular weight excluding hydrogens is 372 g/mol. The van der Waals surface area contributed by atoms with Gasteiger partial charge in [0.2, 0.25) is 11.8 Å². The van der Waals surface area contributed by atoms with Gasteiger partial charge in [0.25, 0.3) is 0 Å². The molecule has 0 saturated carbocycles. The highest BCUT2D eigenvalue weighted by molar-refractivity contribution is 6.31. The fraction of sp³-hybridized carbons (Fsp3) is 0.391. The average molecular weight is 401 g/mol. The van der Waals surface area contributed by atoms with Crippen molar-refractivity contribution in [2.24, 2.45) is 0 Å². The minimum Gasteiger partial charge on any atom is -0.354 e. The summed E-state index contributed by atoms with van der Waals surface area (Å²) in [5, 5.41) is 3.56. The van der Waals surface area contributed by atoms with Crippen molar-refractivity contribution in [2.75, 3.05) is 6.54 Å². The molecule has 4 nitrogen and oxygen atoms in total. The number of carbonyl (C=O) groups excluding carboxylic acids is 2. The van der Waals surface area contributed by atoms with Crippen molar-refractivity contribution >= 4 is 23.4 Å². The molecule has 0 bridgehead atoms. The molecule has 0 radical (unpaired) electrons. The number of hydrogen-bond donors (Lipinski definition) is 1. The maximum absolute atomic E-state index is 13.1. The Morgan fingerprint density at radius 2 is 1.71 bits per heavy atom. The minimum atomic E-state index is -0.537. The molecule has 0 aliphatic carbocycles. The third-order valence-electron chi connectivity index (χ3n) is 4.88. The Hall–Kier alpha value is -2.33. The van der Waals surface area contributed by atoms with Crippen LogP contribution < -0.4 is 5.32 Å². The summed E-state index contributed by atoms with van der Waals surface area (Å²) in [5.41, 5.74) is 3.09. The molecular formula is C23H29ClN2O2. The lowest BCUT2D eigenvalue weighted by Crippen LogP contribution is -2.47. The van der Waals surface area contributed by atoms with Gasteiger partial charge in [-0.15, -0.1) is 0 Å². The summed E-state index contributed by atoms with van der Waals surface area (Å²) < 4.78 is 0. The fourth-order valence-corrected chi connectivity index (χ4v) is 3.27. The monoisotopic (exact) mass is 400 g/mol. The highest BCUT2D eigenvalue weighted by atomic mass is 35.5. The van der Waals surface area contributed by atoms with Crippen LogP contribution in [-0.2, 0) is 22.6 Å². The molecule has 0 aromatic heterocycles. The zero-order valence-electron chi connectivity index (χ0n) is 16.9. The summed E-state index contributed by atoms with van der Waals surface area (Å²) >= 11 is 6.22. The van der Waals surface area contributed by atoms with Gasteiger partial charge < -0.3 is 10.2 Å². The van der Waals surface area contributed by atoms with Crippen LogP contribution in [0.5, 0.6) is 0 Å². The standard InChI is InChI=1S/C23H29ClN2O2/c1-4-15-25-23(28)18(3)26(16-20-11-6-5-9-17(20)2)22(27)14-13-19-10-7-8-12-21(19)24/h5-12,18H,4,13-16H2,1-3H3,(H,25,28)/t18-/m1/s1. The summed E-state index contributed by atoms with van der Waals surface area (Å²) in [6.45, 7) is 6.83. The Kier molecular flexibility index (Phi) is 8.52. The second-order valence-corrected chi connectivity index (χ2v) is 7.41. The summed E-state index contributed by atoms with van der Waals surface area (Å²) in [6, 6.07) is 15.0. The number of nitrogens with one attached hydrogen (secondary N) is 1. The molecule has 0 aliphatic heterocycles. The molecule has 2 rings (SSSR count). The number of hydrogen-bond acceptors (Lipinski definition) is 2. The Balaban J connectivity index is 2.16. The summed E-state index contributed by atoms with van der Waals surface area (Å²) in [4.78, 5) is 27.3. The van der Waals surface area contributed by atoms with Crippen molar-refractivity contribution in [3.63, 3.8) is 0 Å². The van der Waals surface area contributed by atoms with Gasteiger partial charge in [0, 0.05) is 24.5 Å². The van der Waals surface area contributed by atoms with Crippen molar-refractivity contribution in [3.8, 4) is 0 Å². The lowest BCUT2D eigenvalue weighted by molar-refractivity contribution is -0.140. The predicted octanol–water partition coefficient (Wildman–Crippen LogP) is 4.52. The highest BCUT2D eigenvalue weighted by Crippen LogP contribution is 2.19. The van der Waals surface area contributed by atoms with E-state index in [2.05, 4.69) is 5.32 Å². The maximum atomic E-state index is 13.1. The van der Waals surface area contributed by atoms with Gasteiger partial charge in [-0.25, -0.2) is 0 Å². The normalized spacial score (nSPS) is 11.7. The summed E-state index contributed by atoms with van der Waals surface area (Å²) in [7, 11) is 0. The average Bonchev–Trinajstić information content (AvgIpc) is 2.70. The number of carbonyl (C=O) groups is 2. The number of halogens is 1. The molecule has 0 aliphatic rings. The summed E-state index contributed by atoms with van der Waals surface area (Å²) in [5.74, 6) is -0.177. The van der Waals surface area contributed by atoms with E-state index in [4.69, 9.17) is 11.6 Å². The van der Waals surface area contributed by atoms with Crippen molar-refractivity contribution in [1.29, 1.82) is 0 Å². The van der Waals surface area contributed by atoms with E-state index in [0.717, 1.165) is 23.1 Å². The largest absolute Gasteiger partial charge is 0.354 e. The maximum Gasteiger partial charge on any atom is 0.242 e. The first-order chi connectivity index (χ1) is 13.4. The van der Waals surface area contributed by atoms with E-state index in [1.165, 1.54) is 0 Å². The van der Waals surface area contributed by atoms with E-state index >= 15 is 0 Å². The molecule has 1 atom stereocenters. The van der Waals surface area contributed by atoms with Gasteiger partial charge in [0.05, 0.1) is 0 Å². The number of benzene rings is 2. The first-order valence-electron chi connectivity index (χ1n) is 9.79. The predicted molar refractivity (Wildman–Crippen MR) is 114 cm³/mol. The number of rotatable bonds is 9. The number of aryl methyl sites for hydroxylation is 2. The fourth-order valence-electron chi connectivity index (χ4n) is 3.04. The van der Waals surface area contributed by atoms with Crippen LogP contribution in [0.25, 0.3) is 0 Å². The zero-order chi connectivity index (χ0) is 20.5. The Bertz CT molecular complexity index is 807. The molecule has 0 fully saturated rings. The van der Waals surface area contributed by atoms with Crippen molar-refractivity contribution < 1.29 is 9.59 Å². The first-order valence-corrected chi connectivity index (χ1v) is 10.2. The van der Waals surface area contributed by atoms with E-state index in [1.807, 2.05) is 62.4 Å². The summed E-state index contributed by atoms with van der Waals surface area (Å²) in [6.07, 6.45) is 1.71. The van der Waals surface area contributed by atoms with Crippen molar-refractivity contribution in [2.45, 2.75) is 52.6 Å². The number of nitrogens with zero attached hydrogens (tertiary/aromatic N) is 1. The van der Waals surface area contributed by atoms with Gasteiger partial charge in [0.15, 0.2) is 0 Å². The molecule has 5 heteroatoms. The minimum absolute atomic E-state index is 0.0534. The number of amides is 2. The molecule has 28 heavy (non-hydrogen) atoms. The third kappa shape index (κ3) is 6.10. The van der Waals surface area contributed by atoms with E-state index in [1.54, 1.807) is 11.8 Å².